The molecule has 6 heteroatoms. The number of benzene rings is 1. The molecule has 1 saturated heterocycles. The molecule has 1 aliphatic heterocycles. The van der Waals surface area contributed by atoms with Crippen molar-refractivity contribution >= 4 is 10.0 Å². The summed E-state index contributed by atoms with van der Waals surface area (Å²) in [4.78, 5) is 0.217. The molecule has 0 radical (unpaired) electrons. The summed E-state index contributed by atoms with van der Waals surface area (Å²) in [6, 6.07) is 5.08. The van der Waals surface area contributed by atoms with Crippen molar-refractivity contribution in [1.29, 1.82) is 0 Å². The molecule has 2 unspecified atom stereocenters. The van der Waals surface area contributed by atoms with Gasteiger partial charge in [0.05, 0.1) is 7.11 Å². The lowest BCUT2D eigenvalue weighted by Gasteiger charge is -2.34. The van der Waals surface area contributed by atoms with Crippen molar-refractivity contribution in [3.05, 3.63) is 23.8 Å². The Bertz CT molecular complexity index is 601. The van der Waals surface area contributed by atoms with Gasteiger partial charge in [-0.2, -0.15) is 4.31 Å². The van der Waals surface area contributed by atoms with Crippen molar-refractivity contribution < 1.29 is 13.2 Å². The molecule has 1 heterocycles. The molecule has 0 spiro atoms. The van der Waals surface area contributed by atoms with E-state index in [4.69, 9.17) is 10.5 Å². The number of hydrogen-bond donors (Lipinski definition) is 1. The minimum Gasteiger partial charge on any atom is -0.495 e. The zero-order valence-corrected chi connectivity index (χ0v) is 13.7. The molecule has 1 aromatic carbocycles. The van der Waals surface area contributed by atoms with Crippen molar-refractivity contribution in [2.24, 2.45) is 17.6 Å². The van der Waals surface area contributed by atoms with Crippen molar-refractivity contribution in [2.45, 2.75) is 31.7 Å². The lowest BCUT2D eigenvalue weighted by atomic mass is 9.90. The number of methoxy groups -OCH3 is 1. The summed E-state index contributed by atoms with van der Waals surface area (Å²) in [6.07, 6.45) is 0.888. The average Bonchev–Trinajstić information content (AvgIpc) is 2.49. The first-order chi connectivity index (χ1) is 9.90. The minimum absolute atomic E-state index is 0.217. The Morgan fingerprint density at radius 1 is 1.33 bits per heavy atom. The van der Waals surface area contributed by atoms with Gasteiger partial charge < -0.3 is 10.5 Å². The Morgan fingerprint density at radius 2 is 2.05 bits per heavy atom. The summed E-state index contributed by atoms with van der Waals surface area (Å²) in [6.45, 7) is 5.69. The monoisotopic (exact) mass is 312 g/mol. The van der Waals surface area contributed by atoms with Crippen molar-refractivity contribution in [1.82, 2.24) is 4.31 Å². The number of ether oxygens (including phenoxy) is 1. The van der Waals surface area contributed by atoms with Crippen LogP contribution in [0.15, 0.2) is 23.1 Å². The van der Waals surface area contributed by atoms with Crippen LogP contribution in [0.4, 0.5) is 0 Å². The van der Waals surface area contributed by atoms with Crippen LogP contribution >= 0.6 is 0 Å². The van der Waals surface area contributed by atoms with Gasteiger partial charge in [0.2, 0.25) is 10.0 Å². The first-order valence-corrected chi connectivity index (χ1v) is 8.71. The molecule has 0 amide bonds. The molecule has 1 aliphatic rings. The first-order valence-electron chi connectivity index (χ1n) is 7.27. The van der Waals surface area contributed by atoms with Gasteiger partial charge in [-0.05, 0) is 36.0 Å². The highest BCUT2D eigenvalue weighted by Crippen LogP contribution is 2.32. The molecule has 0 aromatic heterocycles. The van der Waals surface area contributed by atoms with Gasteiger partial charge in [0, 0.05) is 19.6 Å². The predicted octanol–water partition coefficient (Wildman–Crippen LogP) is 1.82. The Balaban J connectivity index is 2.39. The molecule has 1 aromatic rings. The van der Waals surface area contributed by atoms with Crippen LogP contribution in [0.5, 0.6) is 5.75 Å². The van der Waals surface area contributed by atoms with E-state index in [2.05, 4.69) is 13.8 Å². The molecule has 1 fully saturated rings. The standard InChI is InChI=1S/C15H24N2O3S/c1-11-6-7-17(10-12(11)2)21(18,19)15-8-13(9-16)4-5-14(15)20-3/h4-5,8,11-12H,6-7,9-10,16H2,1-3H3. The zero-order valence-electron chi connectivity index (χ0n) is 12.9. The van der Waals surface area contributed by atoms with Crippen LogP contribution in [-0.4, -0.2) is 32.9 Å². The second-order valence-corrected chi connectivity index (χ2v) is 7.70. The lowest BCUT2D eigenvalue weighted by molar-refractivity contribution is 0.212. The Kier molecular flexibility index (Phi) is 4.91. The fourth-order valence-electron chi connectivity index (χ4n) is 2.63. The number of hydrogen-bond acceptors (Lipinski definition) is 4. The van der Waals surface area contributed by atoms with Crippen LogP contribution in [0, 0.1) is 11.8 Å². The molecule has 2 N–H and O–H groups in total. The first kappa shape index (κ1) is 16.3. The summed E-state index contributed by atoms with van der Waals surface area (Å²) < 4.78 is 32.6. The van der Waals surface area contributed by atoms with Crippen LogP contribution in [-0.2, 0) is 16.6 Å². The van der Waals surface area contributed by atoms with E-state index in [1.807, 2.05) is 0 Å². The maximum Gasteiger partial charge on any atom is 0.246 e. The van der Waals surface area contributed by atoms with Crippen LogP contribution in [0.2, 0.25) is 0 Å². The van der Waals surface area contributed by atoms with Crippen LogP contribution in [0.25, 0.3) is 0 Å². The molecule has 0 aliphatic carbocycles. The summed E-state index contributed by atoms with van der Waals surface area (Å²) in [5.74, 6) is 1.28. The minimum atomic E-state index is -3.54. The van der Waals surface area contributed by atoms with Gasteiger partial charge >= 0.3 is 0 Å². The summed E-state index contributed by atoms with van der Waals surface area (Å²) in [7, 11) is -2.06. The summed E-state index contributed by atoms with van der Waals surface area (Å²) in [5, 5.41) is 0. The summed E-state index contributed by atoms with van der Waals surface area (Å²) >= 11 is 0. The van der Waals surface area contributed by atoms with Crippen molar-refractivity contribution in [3.8, 4) is 5.75 Å². The number of nitrogens with zero attached hydrogens (tertiary/aromatic N) is 1. The van der Waals surface area contributed by atoms with Gasteiger partial charge in [-0.25, -0.2) is 8.42 Å². The molecule has 21 heavy (non-hydrogen) atoms. The van der Waals surface area contributed by atoms with Crippen molar-refractivity contribution in [3.63, 3.8) is 0 Å². The molecule has 0 bridgehead atoms. The fourth-order valence-corrected chi connectivity index (χ4v) is 4.39. The van der Waals surface area contributed by atoms with Crippen LogP contribution < -0.4 is 10.5 Å². The number of sulfonamides is 1. The van der Waals surface area contributed by atoms with Crippen LogP contribution in [0.3, 0.4) is 0 Å². The van der Waals surface area contributed by atoms with Crippen LogP contribution in [0.1, 0.15) is 25.8 Å². The van der Waals surface area contributed by atoms with E-state index in [0.717, 1.165) is 12.0 Å². The van der Waals surface area contributed by atoms with Crippen molar-refractivity contribution in [2.75, 3.05) is 20.2 Å². The maximum atomic E-state index is 12.9. The highest BCUT2D eigenvalue weighted by atomic mass is 32.2. The Labute approximate surface area is 127 Å². The average molecular weight is 312 g/mol. The Morgan fingerprint density at radius 3 is 2.62 bits per heavy atom. The van der Waals surface area contributed by atoms with E-state index in [9.17, 15) is 8.42 Å². The quantitative estimate of drug-likeness (QED) is 0.920. The molecular formula is C15H24N2O3S. The normalized spacial score (nSPS) is 24.0. The molecular weight excluding hydrogens is 288 g/mol. The molecule has 5 nitrogen and oxygen atoms in total. The third-order valence-corrected chi connectivity index (χ3v) is 6.26. The molecule has 118 valence electrons. The highest BCUT2D eigenvalue weighted by molar-refractivity contribution is 7.89. The van der Waals surface area contributed by atoms with E-state index in [1.54, 1.807) is 22.5 Å². The Hall–Kier alpha value is -1.11. The lowest BCUT2D eigenvalue weighted by Crippen LogP contribution is -2.42. The van der Waals surface area contributed by atoms with Gasteiger partial charge in [-0.1, -0.05) is 19.9 Å². The third kappa shape index (κ3) is 3.22. The third-order valence-electron chi connectivity index (χ3n) is 4.38. The predicted molar refractivity (Wildman–Crippen MR) is 82.6 cm³/mol. The smallest absolute Gasteiger partial charge is 0.246 e. The number of rotatable bonds is 4. The van der Waals surface area contributed by atoms with E-state index in [0.29, 0.717) is 37.2 Å². The second-order valence-electron chi connectivity index (χ2n) is 5.80. The number of piperidine rings is 1. The van der Waals surface area contributed by atoms with Gasteiger partial charge in [0.25, 0.3) is 0 Å². The number of nitrogens with two attached hydrogens (primary N) is 1. The van der Waals surface area contributed by atoms with E-state index in [-0.39, 0.29) is 4.90 Å². The second kappa shape index (κ2) is 6.34. The maximum absolute atomic E-state index is 12.9. The fraction of sp³-hybridized carbons (Fsp3) is 0.600. The van der Waals surface area contributed by atoms with Gasteiger partial charge in [0.15, 0.2) is 0 Å². The highest BCUT2D eigenvalue weighted by Gasteiger charge is 2.33. The summed E-state index contributed by atoms with van der Waals surface area (Å²) in [5.41, 5.74) is 6.41. The SMILES string of the molecule is COc1ccc(CN)cc1S(=O)(=O)N1CCC(C)C(C)C1. The molecule has 0 saturated carbocycles. The topological polar surface area (TPSA) is 72.6 Å². The van der Waals surface area contributed by atoms with Gasteiger partial charge in [-0.3, -0.25) is 0 Å². The molecule has 2 rings (SSSR count). The van der Waals surface area contributed by atoms with Gasteiger partial charge in [-0.15, -0.1) is 0 Å². The van der Waals surface area contributed by atoms with Gasteiger partial charge in [0.1, 0.15) is 10.6 Å². The largest absolute Gasteiger partial charge is 0.495 e. The van der Waals surface area contributed by atoms with E-state index in [1.165, 1.54) is 7.11 Å². The molecule has 2 atom stereocenters. The van der Waals surface area contributed by atoms with E-state index < -0.39 is 10.0 Å². The zero-order chi connectivity index (χ0) is 15.6. The van der Waals surface area contributed by atoms with E-state index >= 15 is 0 Å².